The predicted molar refractivity (Wildman–Crippen MR) is 197 cm³/mol. The average molecular weight is 623 g/mol. The second kappa shape index (κ2) is 12.0. The van der Waals surface area contributed by atoms with E-state index < -0.39 is 0 Å². The molecule has 2 heterocycles. The van der Waals surface area contributed by atoms with E-state index in [-0.39, 0.29) is 24.7 Å². The maximum atomic E-state index is 14.8. The van der Waals surface area contributed by atoms with Crippen molar-refractivity contribution < 1.29 is 9.59 Å². The molecule has 0 bridgehead atoms. The molecule has 0 radical (unpaired) electrons. The van der Waals surface area contributed by atoms with Crippen LogP contribution in [0, 0.1) is 10.7 Å². The molecule has 4 aliphatic carbocycles. The van der Waals surface area contributed by atoms with Crippen molar-refractivity contribution >= 4 is 44.8 Å². The second-order valence-corrected chi connectivity index (χ2v) is 12.5. The minimum Gasteiger partial charge on any atom is -0.277 e. The number of aromatic nitrogens is 2. The Balaban J connectivity index is 1.62. The van der Waals surface area contributed by atoms with Crippen LogP contribution in [0.1, 0.15) is 36.3 Å². The minimum atomic E-state index is -0.0463. The first-order chi connectivity index (χ1) is 23.5. The van der Waals surface area contributed by atoms with Gasteiger partial charge in [-0.2, -0.15) is 0 Å². The van der Waals surface area contributed by atoms with Gasteiger partial charge in [0.25, 0.3) is 0 Å². The molecule has 0 unspecified atom stereocenters. The number of para-hydroxylation sites is 2. The van der Waals surface area contributed by atoms with Crippen molar-refractivity contribution in [3.8, 4) is 0 Å². The molecule has 0 saturated carbocycles. The third-order valence-electron chi connectivity index (χ3n) is 9.52. The Morgan fingerprint density at radius 2 is 0.812 bits per heavy atom. The van der Waals surface area contributed by atoms with E-state index in [1.165, 1.54) is 0 Å². The monoisotopic (exact) mass is 622 g/mol. The van der Waals surface area contributed by atoms with Gasteiger partial charge in [0.2, 0.25) is 11.8 Å². The fourth-order valence-corrected chi connectivity index (χ4v) is 7.25. The Hall–Kier alpha value is -6.00. The summed E-state index contributed by atoms with van der Waals surface area (Å²) in [7, 11) is 0. The molecule has 4 aromatic rings. The van der Waals surface area contributed by atoms with E-state index in [2.05, 4.69) is 36.4 Å². The SMILES string of the molecule is CC(CC(=O)n1/c(=c2/c(=C3C=CC=C3)c3ccccc3n2C(=O)CC(C)=C2C=CC=C2)c(=C2C=CC=C2)c2ccccc21)=C1C=CC=C1. The number of nitrogens with zero attached hydrogens (tertiary/aromatic N) is 2. The van der Waals surface area contributed by atoms with Crippen LogP contribution in [-0.4, -0.2) is 20.9 Å². The van der Waals surface area contributed by atoms with E-state index in [1.54, 1.807) is 0 Å². The largest absolute Gasteiger partial charge is 0.277 e. The molecule has 48 heavy (non-hydrogen) atoms. The highest BCUT2D eigenvalue weighted by molar-refractivity contribution is 5.99. The van der Waals surface area contributed by atoms with Crippen molar-refractivity contribution in [2.24, 2.45) is 0 Å². The standard InChI is InChI=1S/C44H34N2O2/c1-29(31-15-3-4-16-31)27-39(47)45-37-25-13-11-23-35(37)41(33-19-7-8-20-33)43(45)44-42(34-21-9-10-22-34)36-24-12-14-26-38(36)46(44)40(48)28-30(2)32-17-5-6-18-32/h3-26H,27-28H2,1-2H3/b44-43-. The van der Waals surface area contributed by atoms with Crippen LogP contribution in [0.3, 0.4) is 0 Å². The van der Waals surface area contributed by atoms with Gasteiger partial charge < -0.3 is 0 Å². The van der Waals surface area contributed by atoms with Crippen molar-refractivity contribution in [1.29, 1.82) is 0 Å². The molecule has 0 amide bonds. The van der Waals surface area contributed by atoms with Gasteiger partial charge in [0.1, 0.15) is 0 Å². The van der Waals surface area contributed by atoms with Crippen molar-refractivity contribution in [2.45, 2.75) is 26.7 Å². The number of benzene rings is 2. The van der Waals surface area contributed by atoms with Gasteiger partial charge in [-0.3, -0.25) is 18.7 Å². The maximum Gasteiger partial charge on any atom is 0.235 e. The first-order valence-corrected chi connectivity index (χ1v) is 16.4. The number of fused-ring (bicyclic) bond motifs is 2. The normalized spacial score (nSPS) is 16.4. The van der Waals surface area contributed by atoms with E-state index in [4.69, 9.17) is 0 Å². The zero-order valence-corrected chi connectivity index (χ0v) is 27.0. The molecule has 4 heteroatoms. The second-order valence-electron chi connectivity index (χ2n) is 12.5. The minimum absolute atomic E-state index is 0.0463. The molecule has 0 N–H and O–H groups in total. The molecule has 8 rings (SSSR count). The van der Waals surface area contributed by atoms with E-state index in [0.29, 0.717) is 0 Å². The molecule has 0 aliphatic heterocycles. The van der Waals surface area contributed by atoms with Crippen LogP contribution in [0.4, 0.5) is 0 Å². The molecule has 232 valence electrons. The fraction of sp³-hybridized carbons (Fsp3) is 0.0909. The van der Waals surface area contributed by atoms with Crippen LogP contribution in [-0.2, 0) is 0 Å². The van der Waals surface area contributed by atoms with E-state index in [9.17, 15) is 9.59 Å². The summed E-state index contributed by atoms with van der Waals surface area (Å²) >= 11 is 0. The lowest BCUT2D eigenvalue weighted by Crippen LogP contribution is -2.22. The van der Waals surface area contributed by atoms with Crippen molar-refractivity contribution in [2.75, 3.05) is 0 Å². The Morgan fingerprint density at radius 3 is 1.19 bits per heavy atom. The summed E-state index contributed by atoms with van der Waals surface area (Å²) in [6, 6.07) is 16.2. The summed E-state index contributed by atoms with van der Waals surface area (Å²) in [6.07, 6.45) is 33.1. The van der Waals surface area contributed by atoms with Crippen LogP contribution in [0.2, 0.25) is 0 Å². The van der Waals surface area contributed by atoms with Crippen molar-refractivity contribution in [3.05, 3.63) is 189 Å². The number of allylic oxidation sites excluding steroid dienone is 20. The first kappa shape index (κ1) is 29.4. The molecular formula is C44H34N2O2. The molecule has 0 atom stereocenters. The quantitative estimate of drug-likeness (QED) is 0.230. The highest BCUT2D eigenvalue weighted by atomic mass is 16.2. The van der Waals surface area contributed by atoms with Gasteiger partial charge in [-0.25, -0.2) is 0 Å². The summed E-state index contributed by atoms with van der Waals surface area (Å²) in [5.41, 5.74) is 7.74. The molecule has 0 spiro atoms. The maximum absolute atomic E-state index is 14.8. The van der Waals surface area contributed by atoms with E-state index in [1.807, 2.05) is 132 Å². The van der Waals surface area contributed by atoms with E-state index >= 15 is 0 Å². The van der Waals surface area contributed by atoms with Crippen molar-refractivity contribution in [1.82, 2.24) is 9.13 Å². The van der Waals surface area contributed by atoms with Crippen LogP contribution in [0.25, 0.3) is 33.0 Å². The number of carbonyl (C=O) groups excluding carboxylic acids is 2. The Kier molecular flexibility index (Phi) is 7.34. The van der Waals surface area contributed by atoms with Gasteiger partial charge in [0.05, 0.1) is 21.7 Å². The zero-order chi connectivity index (χ0) is 32.8. The van der Waals surface area contributed by atoms with Crippen LogP contribution in [0.5, 0.6) is 0 Å². The van der Waals surface area contributed by atoms with Gasteiger partial charge >= 0.3 is 0 Å². The third-order valence-corrected chi connectivity index (χ3v) is 9.52. The van der Waals surface area contributed by atoms with Crippen molar-refractivity contribution in [3.63, 3.8) is 0 Å². The molecular weight excluding hydrogens is 588 g/mol. The molecule has 0 saturated heterocycles. The summed E-state index contributed by atoms with van der Waals surface area (Å²) < 4.78 is 3.75. The molecule has 4 nitrogen and oxygen atoms in total. The zero-order valence-electron chi connectivity index (χ0n) is 27.0. The number of hydrogen-bond donors (Lipinski definition) is 0. The van der Waals surface area contributed by atoms with Gasteiger partial charge in [-0.1, -0.05) is 145 Å². The summed E-state index contributed by atoms with van der Waals surface area (Å²) in [4.78, 5) is 29.6. The van der Waals surface area contributed by atoms with Gasteiger partial charge in [-0.05, 0) is 48.3 Å². The predicted octanol–water partition coefficient (Wildman–Crippen LogP) is 8.38. The summed E-state index contributed by atoms with van der Waals surface area (Å²) in [5.74, 6) is -0.0927. The number of carbonyl (C=O) groups is 2. The fourth-order valence-electron chi connectivity index (χ4n) is 7.25. The molecule has 0 fully saturated rings. The third kappa shape index (κ3) is 4.85. The van der Waals surface area contributed by atoms with Gasteiger partial charge in [-0.15, -0.1) is 0 Å². The highest BCUT2D eigenvalue weighted by Crippen LogP contribution is 2.25. The smallest absolute Gasteiger partial charge is 0.235 e. The average Bonchev–Trinajstić information content (AvgIpc) is 3.93. The Morgan fingerprint density at radius 1 is 0.479 bits per heavy atom. The van der Waals surface area contributed by atoms with E-state index in [0.717, 1.165) is 76.4 Å². The first-order valence-electron chi connectivity index (χ1n) is 16.4. The van der Waals surface area contributed by atoms with Gasteiger partial charge in [0.15, 0.2) is 0 Å². The summed E-state index contributed by atoms with van der Waals surface area (Å²) in [6.45, 7) is 4.05. The van der Waals surface area contributed by atoms with Crippen LogP contribution in [0.15, 0.2) is 168 Å². The molecule has 4 aliphatic rings. The summed E-state index contributed by atoms with van der Waals surface area (Å²) in [5, 5.41) is 5.28. The number of hydrogen-bond acceptors (Lipinski definition) is 2. The highest BCUT2D eigenvalue weighted by Gasteiger charge is 2.23. The molecule has 2 aromatic heterocycles. The lowest BCUT2D eigenvalue weighted by atomic mass is 10.1. The lowest BCUT2D eigenvalue weighted by molar-refractivity contribution is 0.0901. The van der Waals surface area contributed by atoms with Gasteiger partial charge in [0, 0.05) is 34.1 Å². The van der Waals surface area contributed by atoms with Crippen LogP contribution >= 0.6 is 0 Å². The number of rotatable bonds is 4. The Bertz CT molecular complexity index is 2410. The van der Waals surface area contributed by atoms with Crippen LogP contribution < -0.4 is 10.4 Å². The molecule has 2 aromatic carbocycles. The topological polar surface area (TPSA) is 44.0 Å². The lowest BCUT2D eigenvalue weighted by Gasteiger charge is -2.10. The Labute approximate surface area is 278 Å².